The Hall–Kier alpha value is -2.87. The summed E-state index contributed by atoms with van der Waals surface area (Å²) in [5.41, 5.74) is 2.41. The van der Waals surface area contributed by atoms with Crippen LogP contribution in [0.2, 0.25) is 0 Å². The summed E-state index contributed by atoms with van der Waals surface area (Å²) in [5.74, 6) is 2.46. The smallest absolute Gasteiger partial charge is 0.232 e. The van der Waals surface area contributed by atoms with Gasteiger partial charge >= 0.3 is 0 Å². The Morgan fingerprint density at radius 1 is 1.03 bits per heavy atom. The number of carbonyl (C=O) groups excluding carboxylic acids is 1. The molecule has 4 rings (SSSR count). The Labute approximate surface area is 177 Å². The number of nitrogens with zero attached hydrogens (tertiary/aromatic N) is 4. The van der Waals surface area contributed by atoms with E-state index in [0.29, 0.717) is 30.4 Å². The zero-order valence-corrected chi connectivity index (χ0v) is 18.1. The van der Waals surface area contributed by atoms with Gasteiger partial charge in [0.2, 0.25) is 5.91 Å². The van der Waals surface area contributed by atoms with Crippen LogP contribution in [-0.2, 0) is 11.2 Å². The topological polar surface area (TPSA) is 67.8 Å². The number of hydrogen-bond donors (Lipinski definition) is 0. The van der Waals surface area contributed by atoms with Crippen molar-refractivity contribution in [3.8, 4) is 11.5 Å². The van der Waals surface area contributed by atoms with E-state index in [1.54, 1.807) is 19.1 Å². The van der Waals surface area contributed by atoms with Crippen LogP contribution in [0.3, 0.4) is 0 Å². The van der Waals surface area contributed by atoms with Crippen molar-refractivity contribution in [1.82, 2.24) is 9.97 Å². The van der Waals surface area contributed by atoms with Gasteiger partial charge in [0.25, 0.3) is 0 Å². The monoisotopic (exact) mass is 456 g/mol. The highest BCUT2D eigenvalue weighted by Gasteiger charge is 2.29. The maximum atomic E-state index is 13.2. The third kappa shape index (κ3) is 3.60. The summed E-state index contributed by atoms with van der Waals surface area (Å²) in [7, 11) is 5.13. The van der Waals surface area contributed by atoms with Crippen molar-refractivity contribution in [3.63, 3.8) is 0 Å². The zero-order chi connectivity index (χ0) is 20.5. The predicted octanol–water partition coefficient (Wildman–Crippen LogP) is 3.44. The fourth-order valence-electron chi connectivity index (χ4n) is 3.41. The molecule has 0 N–H and O–H groups in total. The van der Waals surface area contributed by atoms with Crippen LogP contribution in [0.15, 0.2) is 40.9 Å². The molecule has 1 aliphatic rings. The number of aromatic nitrogens is 2. The molecule has 0 bridgehead atoms. The summed E-state index contributed by atoms with van der Waals surface area (Å²) in [6, 6.07) is 11.3. The highest BCUT2D eigenvalue weighted by Crippen LogP contribution is 2.35. The average molecular weight is 457 g/mol. The summed E-state index contributed by atoms with van der Waals surface area (Å²) < 4.78 is 11.5. The lowest BCUT2D eigenvalue weighted by atomic mass is 10.1. The molecular weight excluding hydrogens is 436 g/mol. The lowest BCUT2D eigenvalue weighted by Gasteiger charge is -2.34. The molecule has 7 nitrogen and oxygen atoms in total. The van der Waals surface area contributed by atoms with E-state index in [2.05, 4.69) is 15.9 Å². The van der Waals surface area contributed by atoms with Gasteiger partial charge in [0.1, 0.15) is 0 Å². The number of benzene rings is 2. The fraction of sp³-hybridized carbons (Fsp3) is 0.286. The quantitative estimate of drug-likeness (QED) is 0.598. The van der Waals surface area contributed by atoms with Gasteiger partial charge in [-0.3, -0.25) is 9.69 Å². The second-order valence-electron chi connectivity index (χ2n) is 6.80. The van der Waals surface area contributed by atoms with Crippen molar-refractivity contribution >= 4 is 44.5 Å². The number of methoxy groups -OCH3 is 2. The molecule has 8 heteroatoms. The molecular formula is C21H21BrN4O3. The number of fused-ring (bicyclic) bond motifs is 2. The van der Waals surface area contributed by atoms with Gasteiger partial charge in [-0.25, -0.2) is 9.97 Å². The summed E-state index contributed by atoms with van der Waals surface area (Å²) >= 11 is 3.54. The second-order valence-corrected chi connectivity index (χ2v) is 7.66. The Morgan fingerprint density at radius 2 is 1.66 bits per heavy atom. The zero-order valence-electron chi connectivity index (χ0n) is 16.5. The Bertz CT molecular complexity index is 1090. The summed E-state index contributed by atoms with van der Waals surface area (Å²) in [4.78, 5) is 26.4. The van der Waals surface area contributed by atoms with E-state index in [9.17, 15) is 4.79 Å². The lowest BCUT2D eigenvalue weighted by molar-refractivity contribution is -0.118. The van der Waals surface area contributed by atoms with Crippen LogP contribution >= 0.6 is 15.9 Å². The maximum absolute atomic E-state index is 13.2. The first-order valence-electron chi connectivity index (χ1n) is 9.20. The van der Waals surface area contributed by atoms with E-state index in [0.717, 1.165) is 26.9 Å². The van der Waals surface area contributed by atoms with Gasteiger partial charge in [0, 0.05) is 24.6 Å². The standard InChI is InChI=1S/C21H21BrN4O3/c1-25-8-9-26(21-20(25)23-15-6-4-5-7-16(15)24-21)19(27)11-13-10-17(28-2)18(29-3)12-14(13)22/h4-7,10,12H,8-9,11H2,1-3H3. The van der Waals surface area contributed by atoms with Gasteiger partial charge in [0.15, 0.2) is 23.1 Å². The van der Waals surface area contributed by atoms with Crippen molar-refractivity contribution in [1.29, 1.82) is 0 Å². The van der Waals surface area contributed by atoms with E-state index in [1.807, 2.05) is 48.3 Å². The minimum absolute atomic E-state index is 0.0446. The molecule has 0 fully saturated rings. The van der Waals surface area contributed by atoms with E-state index in [1.165, 1.54) is 0 Å². The number of rotatable bonds is 4. The van der Waals surface area contributed by atoms with E-state index >= 15 is 0 Å². The molecule has 2 aromatic carbocycles. The van der Waals surface area contributed by atoms with E-state index in [-0.39, 0.29) is 12.3 Å². The molecule has 0 unspecified atom stereocenters. The first kappa shape index (κ1) is 19.4. The minimum atomic E-state index is -0.0446. The summed E-state index contributed by atoms with van der Waals surface area (Å²) in [6.45, 7) is 1.25. The third-order valence-corrected chi connectivity index (χ3v) is 5.74. The molecule has 0 aliphatic carbocycles. The second kappa shape index (κ2) is 7.87. The van der Waals surface area contributed by atoms with Crippen LogP contribution in [0.5, 0.6) is 11.5 Å². The van der Waals surface area contributed by atoms with Gasteiger partial charge in [-0.1, -0.05) is 28.1 Å². The van der Waals surface area contributed by atoms with Gasteiger partial charge in [-0.15, -0.1) is 0 Å². The molecule has 0 radical (unpaired) electrons. The number of carbonyl (C=O) groups is 1. The average Bonchev–Trinajstić information content (AvgIpc) is 2.74. The predicted molar refractivity (Wildman–Crippen MR) is 116 cm³/mol. The number of hydrogen-bond acceptors (Lipinski definition) is 6. The van der Waals surface area contributed by atoms with Gasteiger partial charge in [-0.2, -0.15) is 0 Å². The Kier molecular flexibility index (Phi) is 5.27. The SMILES string of the molecule is COc1cc(Br)c(CC(=O)N2CCN(C)c3nc4ccccc4nc32)cc1OC. The number of likely N-dealkylation sites (N-methyl/N-ethyl adjacent to an activating group) is 1. The molecule has 1 aliphatic heterocycles. The highest BCUT2D eigenvalue weighted by molar-refractivity contribution is 9.10. The summed E-state index contributed by atoms with van der Waals surface area (Å²) in [5, 5.41) is 0. The number of para-hydroxylation sites is 2. The molecule has 1 aromatic heterocycles. The molecule has 3 aromatic rings. The van der Waals surface area contributed by atoms with Crippen LogP contribution in [0.25, 0.3) is 11.0 Å². The van der Waals surface area contributed by atoms with Gasteiger partial charge < -0.3 is 14.4 Å². The lowest BCUT2D eigenvalue weighted by Crippen LogP contribution is -2.44. The number of amides is 1. The molecule has 150 valence electrons. The van der Waals surface area contributed by atoms with Crippen molar-refractivity contribution in [2.45, 2.75) is 6.42 Å². The van der Waals surface area contributed by atoms with E-state index in [4.69, 9.17) is 19.4 Å². The van der Waals surface area contributed by atoms with E-state index < -0.39 is 0 Å². The van der Waals surface area contributed by atoms with Crippen molar-refractivity contribution in [2.24, 2.45) is 0 Å². The minimum Gasteiger partial charge on any atom is -0.493 e. The Morgan fingerprint density at radius 3 is 2.31 bits per heavy atom. The first-order chi connectivity index (χ1) is 14.0. The molecule has 0 saturated carbocycles. The van der Waals surface area contributed by atoms with Crippen molar-refractivity contribution < 1.29 is 14.3 Å². The van der Waals surface area contributed by atoms with Gasteiger partial charge in [0.05, 0.1) is 31.7 Å². The third-order valence-electron chi connectivity index (χ3n) is 5.01. The van der Waals surface area contributed by atoms with Crippen LogP contribution in [0.4, 0.5) is 11.6 Å². The molecule has 29 heavy (non-hydrogen) atoms. The summed E-state index contributed by atoms with van der Waals surface area (Å²) in [6.07, 6.45) is 0.207. The van der Waals surface area contributed by atoms with Gasteiger partial charge in [-0.05, 0) is 29.8 Å². The van der Waals surface area contributed by atoms with Crippen molar-refractivity contribution in [2.75, 3.05) is 44.2 Å². The van der Waals surface area contributed by atoms with Crippen LogP contribution in [-0.4, -0.2) is 50.2 Å². The fourth-order valence-corrected chi connectivity index (χ4v) is 3.88. The van der Waals surface area contributed by atoms with Crippen LogP contribution < -0.4 is 19.3 Å². The molecule has 0 atom stereocenters. The highest BCUT2D eigenvalue weighted by atomic mass is 79.9. The number of ether oxygens (including phenoxy) is 2. The maximum Gasteiger partial charge on any atom is 0.232 e. The normalized spacial score (nSPS) is 13.4. The first-order valence-corrected chi connectivity index (χ1v) is 9.99. The number of halogens is 1. The molecule has 2 heterocycles. The number of anilines is 2. The Balaban J connectivity index is 1.69. The van der Waals surface area contributed by atoms with Crippen LogP contribution in [0, 0.1) is 0 Å². The van der Waals surface area contributed by atoms with Crippen LogP contribution in [0.1, 0.15) is 5.56 Å². The van der Waals surface area contributed by atoms with Crippen molar-refractivity contribution in [3.05, 3.63) is 46.4 Å². The molecule has 0 spiro atoms. The molecule has 1 amide bonds. The largest absolute Gasteiger partial charge is 0.493 e. The molecule has 0 saturated heterocycles.